The lowest BCUT2D eigenvalue weighted by Crippen LogP contribution is -2.24. The van der Waals surface area contributed by atoms with E-state index in [1.807, 2.05) is 12.1 Å². The predicted octanol–water partition coefficient (Wildman–Crippen LogP) is 4.89. The molecule has 6 heteroatoms. The van der Waals surface area contributed by atoms with Gasteiger partial charge in [0.05, 0.1) is 11.4 Å². The standard InChI is InChI=1S/C23H26N4O2/c1-2-3-4-5-19-22(26-17-10-6-15(24)7-11-17)20(28)14-21(29)23(19)27-18-12-8-16(25)9-13-18/h6-14,26,29H,2-5,24-25H2,1H3/b27-23-. The molecule has 2 aromatic rings. The van der Waals surface area contributed by atoms with E-state index in [-0.39, 0.29) is 11.5 Å². The van der Waals surface area contributed by atoms with Crippen LogP contribution in [0.5, 0.6) is 0 Å². The molecule has 150 valence electrons. The van der Waals surface area contributed by atoms with Crippen LogP contribution in [0.25, 0.3) is 0 Å². The summed E-state index contributed by atoms with van der Waals surface area (Å²) in [6, 6.07) is 14.2. The number of ketones is 1. The number of nitrogens with two attached hydrogens (primary N) is 2. The average molecular weight is 390 g/mol. The lowest BCUT2D eigenvalue weighted by atomic mass is 9.92. The summed E-state index contributed by atoms with van der Waals surface area (Å²) in [5, 5.41) is 13.7. The molecule has 0 aliphatic heterocycles. The smallest absolute Gasteiger partial charge is 0.206 e. The number of aliphatic hydroxyl groups excluding tert-OH is 1. The molecule has 0 saturated carbocycles. The van der Waals surface area contributed by atoms with Crippen molar-refractivity contribution in [2.45, 2.75) is 32.6 Å². The fourth-order valence-electron chi connectivity index (χ4n) is 3.13. The molecule has 6 N–H and O–H groups in total. The number of anilines is 3. The van der Waals surface area contributed by atoms with Crippen molar-refractivity contribution in [2.75, 3.05) is 16.8 Å². The van der Waals surface area contributed by atoms with Crippen LogP contribution >= 0.6 is 0 Å². The van der Waals surface area contributed by atoms with Gasteiger partial charge in [0.1, 0.15) is 11.5 Å². The van der Waals surface area contributed by atoms with Crippen LogP contribution in [0.2, 0.25) is 0 Å². The summed E-state index contributed by atoms with van der Waals surface area (Å²) in [5.41, 5.74) is 15.7. The maximum atomic E-state index is 12.7. The summed E-state index contributed by atoms with van der Waals surface area (Å²) < 4.78 is 0. The zero-order chi connectivity index (χ0) is 20.8. The van der Waals surface area contributed by atoms with Gasteiger partial charge in [-0.25, -0.2) is 4.99 Å². The van der Waals surface area contributed by atoms with E-state index < -0.39 is 0 Å². The highest BCUT2D eigenvalue weighted by molar-refractivity contribution is 6.25. The van der Waals surface area contributed by atoms with Crippen molar-refractivity contribution in [2.24, 2.45) is 4.99 Å². The second kappa shape index (κ2) is 9.10. The summed E-state index contributed by atoms with van der Waals surface area (Å²) in [7, 11) is 0. The van der Waals surface area contributed by atoms with Crippen molar-refractivity contribution in [1.29, 1.82) is 0 Å². The van der Waals surface area contributed by atoms with E-state index in [1.165, 1.54) is 6.08 Å². The number of hydrogen-bond donors (Lipinski definition) is 4. The minimum Gasteiger partial charge on any atom is -0.506 e. The van der Waals surface area contributed by atoms with E-state index in [9.17, 15) is 9.90 Å². The second-order valence-electron chi connectivity index (χ2n) is 7.00. The zero-order valence-corrected chi connectivity index (χ0v) is 16.5. The fraction of sp³-hybridized carbons (Fsp3) is 0.217. The van der Waals surface area contributed by atoms with Gasteiger partial charge in [0.15, 0.2) is 0 Å². The third-order valence-corrected chi connectivity index (χ3v) is 4.69. The Morgan fingerprint density at radius 1 is 0.966 bits per heavy atom. The minimum atomic E-state index is -0.276. The molecule has 6 nitrogen and oxygen atoms in total. The van der Waals surface area contributed by atoms with Gasteiger partial charge in [0, 0.05) is 28.7 Å². The molecule has 3 rings (SSSR count). The van der Waals surface area contributed by atoms with Crippen molar-refractivity contribution in [3.8, 4) is 0 Å². The van der Waals surface area contributed by atoms with Crippen molar-refractivity contribution in [3.63, 3.8) is 0 Å². The number of nitrogens with one attached hydrogen (secondary N) is 1. The Morgan fingerprint density at radius 2 is 1.59 bits per heavy atom. The fourth-order valence-corrected chi connectivity index (χ4v) is 3.13. The van der Waals surface area contributed by atoms with Crippen LogP contribution in [0.3, 0.4) is 0 Å². The van der Waals surface area contributed by atoms with Crippen molar-refractivity contribution < 1.29 is 9.90 Å². The van der Waals surface area contributed by atoms with Gasteiger partial charge in [-0.15, -0.1) is 0 Å². The second-order valence-corrected chi connectivity index (χ2v) is 7.00. The summed E-state index contributed by atoms with van der Waals surface area (Å²) >= 11 is 0. The predicted molar refractivity (Wildman–Crippen MR) is 119 cm³/mol. The van der Waals surface area contributed by atoms with Gasteiger partial charge in [-0.1, -0.05) is 19.8 Å². The highest BCUT2D eigenvalue weighted by Gasteiger charge is 2.27. The summed E-state index contributed by atoms with van der Waals surface area (Å²) in [5.74, 6) is -0.400. The first kappa shape index (κ1) is 20.2. The molecule has 0 saturated heterocycles. The highest BCUT2D eigenvalue weighted by atomic mass is 16.3. The third-order valence-electron chi connectivity index (χ3n) is 4.69. The van der Waals surface area contributed by atoms with E-state index in [2.05, 4.69) is 17.2 Å². The van der Waals surface area contributed by atoms with Crippen LogP contribution in [0.4, 0.5) is 22.7 Å². The molecule has 0 fully saturated rings. The highest BCUT2D eigenvalue weighted by Crippen LogP contribution is 2.28. The molecule has 0 bridgehead atoms. The molecular formula is C23H26N4O2. The topological polar surface area (TPSA) is 114 Å². The van der Waals surface area contributed by atoms with E-state index in [0.717, 1.165) is 24.9 Å². The number of nitrogens with zero attached hydrogens (tertiary/aromatic N) is 1. The lowest BCUT2D eigenvalue weighted by Gasteiger charge is -2.21. The van der Waals surface area contributed by atoms with E-state index >= 15 is 0 Å². The molecular weight excluding hydrogens is 364 g/mol. The number of aliphatic imine (C=N–C) groups is 1. The first-order valence-corrected chi connectivity index (χ1v) is 9.73. The number of nitrogen functional groups attached to an aromatic ring is 2. The number of rotatable bonds is 7. The van der Waals surface area contributed by atoms with Crippen LogP contribution in [0.15, 0.2) is 76.6 Å². The Kier molecular flexibility index (Phi) is 6.34. The molecule has 0 unspecified atom stereocenters. The van der Waals surface area contributed by atoms with Crippen molar-refractivity contribution in [3.05, 3.63) is 71.6 Å². The molecule has 0 spiro atoms. The Labute approximate surface area is 170 Å². The number of unbranched alkanes of at least 4 members (excludes halogenated alkanes) is 2. The van der Waals surface area contributed by atoms with Gasteiger partial charge in [-0.3, -0.25) is 4.79 Å². The Balaban J connectivity index is 2.04. The monoisotopic (exact) mass is 390 g/mol. The molecule has 0 atom stereocenters. The molecule has 0 heterocycles. The first-order valence-electron chi connectivity index (χ1n) is 9.73. The molecule has 29 heavy (non-hydrogen) atoms. The third kappa shape index (κ3) is 5.04. The molecule has 0 amide bonds. The summed E-state index contributed by atoms with van der Waals surface area (Å²) in [4.78, 5) is 17.3. The van der Waals surface area contributed by atoms with Crippen LogP contribution in [0.1, 0.15) is 32.6 Å². The van der Waals surface area contributed by atoms with E-state index in [4.69, 9.17) is 11.5 Å². The van der Waals surface area contributed by atoms with E-state index in [1.54, 1.807) is 36.4 Å². The maximum absolute atomic E-state index is 12.7. The average Bonchev–Trinajstić information content (AvgIpc) is 2.70. The largest absolute Gasteiger partial charge is 0.506 e. The van der Waals surface area contributed by atoms with E-state index in [0.29, 0.717) is 40.5 Å². The molecule has 2 aromatic carbocycles. The van der Waals surface area contributed by atoms with Gasteiger partial charge in [-0.2, -0.15) is 0 Å². The van der Waals surface area contributed by atoms with Crippen LogP contribution in [0, 0.1) is 0 Å². The summed E-state index contributed by atoms with van der Waals surface area (Å²) in [6.45, 7) is 2.12. The number of aliphatic hydroxyl groups is 1. The maximum Gasteiger partial charge on any atom is 0.206 e. The number of carbonyl (C=O) groups excluding carboxylic acids is 1. The van der Waals surface area contributed by atoms with Crippen LogP contribution < -0.4 is 16.8 Å². The Morgan fingerprint density at radius 3 is 2.21 bits per heavy atom. The summed E-state index contributed by atoms with van der Waals surface area (Å²) in [6.07, 6.45) is 4.79. The number of carbonyl (C=O) groups is 1. The van der Waals surface area contributed by atoms with Gasteiger partial charge < -0.3 is 21.9 Å². The molecule has 0 radical (unpaired) electrons. The number of hydrogen-bond acceptors (Lipinski definition) is 6. The van der Waals surface area contributed by atoms with Crippen LogP contribution in [-0.4, -0.2) is 16.6 Å². The van der Waals surface area contributed by atoms with Gasteiger partial charge >= 0.3 is 0 Å². The van der Waals surface area contributed by atoms with Crippen molar-refractivity contribution in [1.82, 2.24) is 0 Å². The zero-order valence-electron chi connectivity index (χ0n) is 16.5. The Bertz CT molecular complexity index is 971. The number of allylic oxidation sites excluding steroid dienone is 2. The minimum absolute atomic E-state index is 0.124. The number of benzene rings is 2. The van der Waals surface area contributed by atoms with Crippen molar-refractivity contribution >= 4 is 34.2 Å². The molecule has 1 aliphatic rings. The van der Waals surface area contributed by atoms with Gasteiger partial charge in [0.2, 0.25) is 5.78 Å². The van der Waals surface area contributed by atoms with Gasteiger partial charge in [0.25, 0.3) is 0 Å². The van der Waals surface area contributed by atoms with Crippen LogP contribution in [-0.2, 0) is 4.79 Å². The SMILES string of the molecule is CCCCCC1=C(Nc2ccc(N)cc2)C(=O)C=C(O)/C1=N\c1ccc(N)cc1. The molecule has 1 aliphatic carbocycles. The lowest BCUT2D eigenvalue weighted by molar-refractivity contribution is -0.111. The normalized spacial score (nSPS) is 15.6. The quantitative estimate of drug-likeness (QED) is 0.305. The Hall–Kier alpha value is -3.54. The first-order chi connectivity index (χ1) is 14.0. The molecule has 0 aromatic heterocycles. The van der Waals surface area contributed by atoms with Gasteiger partial charge in [-0.05, 0) is 61.4 Å².